The summed E-state index contributed by atoms with van der Waals surface area (Å²) < 4.78 is 0. The van der Waals surface area contributed by atoms with E-state index in [1.807, 2.05) is 0 Å². The SMILES string of the molecule is C[C@H]1c2cccc(O)c2C(O)=C2C(=O)[C@]3(O)C(O)=C(C(=O)CCN(C)CCO[N+](=O)[O-])C(=O)[C@@H](N(C)C)[C@@H]3[C@@H](O)[C@@H]21. The lowest BCUT2D eigenvalue weighted by atomic mass is 9.54. The predicted octanol–water partition coefficient (Wildman–Crippen LogP) is 0.110. The van der Waals surface area contributed by atoms with Crippen LogP contribution in [-0.2, 0) is 19.2 Å². The molecule has 5 N–H and O–H groups in total. The molecule has 0 saturated heterocycles. The van der Waals surface area contributed by atoms with Crippen molar-refractivity contribution in [3.63, 3.8) is 0 Å². The maximum atomic E-state index is 14.1. The molecular formula is C27H33N3O11. The number of nitrogens with zero attached hydrogens (tertiary/aromatic N) is 3. The minimum atomic E-state index is -2.94. The van der Waals surface area contributed by atoms with E-state index in [0.29, 0.717) is 5.56 Å². The van der Waals surface area contributed by atoms with Gasteiger partial charge in [0.05, 0.1) is 23.6 Å². The van der Waals surface area contributed by atoms with Gasteiger partial charge in [-0.25, -0.2) is 0 Å². The fraction of sp³-hybridized carbons (Fsp3) is 0.519. The molecule has 1 aromatic rings. The molecule has 1 aromatic carbocycles. The van der Waals surface area contributed by atoms with Crippen LogP contribution in [0.15, 0.2) is 35.1 Å². The van der Waals surface area contributed by atoms with Crippen molar-refractivity contribution in [1.29, 1.82) is 0 Å². The molecule has 4 rings (SSSR count). The molecule has 0 spiro atoms. The Morgan fingerprint density at radius 3 is 2.41 bits per heavy atom. The Morgan fingerprint density at radius 2 is 1.80 bits per heavy atom. The van der Waals surface area contributed by atoms with Crippen molar-refractivity contribution in [2.45, 2.75) is 37.0 Å². The second-order valence-corrected chi connectivity index (χ2v) is 11.0. The Morgan fingerprint density at radius 1 is 1.15 bits per heavy atom. The van der Waals surface area contributed by atoms with Crippen LogP contribution in [0.3, 0.4) is 0 Å². The van der Waals surface area contributed by atoms with Gasteiger partial charge in [-0.15, -0.1) is 10.1 Å². The fourth-order valence-electron chi connectivity index (χ4n) is 6.41. The zero-order valence-electron chi connectivity index (χ0n) is 23.0. The van der Waals surface area contributed by atoms with Gasteiger partial charge in [0.15, 0.2) is 17.2 Å². The van der Waals surface area contributed by atoms with Crippen molar-refractivity contribution in [2.24, 2.45) is 11.8 Å². The smallest absolute Gasteiger partial charge is 0.294 e. The van der Waals surface area contributed by atoms with Crippen molar-refractivity contribution in [3.05, 3.63) is 56.3 Å². The summed E-state index contributed by atoms with van der Waals surface area (Å²) in [5.74, 6) is -8.53. The third-order valence-electron chi connectivity index (χ3n) is 8.42. The highest BCUT2D eigenvalue weighted by atomic mass is 16.9. The molecule has 3 aliphatic rings. The van der Waals surface area contributed by atoms with Gasteiger partial charge in [0.1, 0.15) is 29.4 Å². The zero-order chi connectivity index (χ0) is 30.5. The quantitative estimate of drug-likeness (QED) is 0.150. The van der Waals surface area contributed by atoms with Crippen LogP contribution in [0.1, 0.15) is 30.4 Å². The summed E-state index contributed by atoms with van der Waals surface area (Å²) in [6.07, 6.45) is -1.99. The molecule has 14 heteroatoms. The van der Waals surface area contributed by atoms with Gasteiger partial charge in [-0.2, -0.15) is 0 Å². The average Bonchev–Trinajstić information content (AvgIpc) is 2.89. The molecule has 0 bridgehead atoms. The Hall–Kier alpha value is -3.85. The van der Waals surface area contributed by atoms with Crippen LogP contribution in [0.4, 0.5) is 0 Å². The Bertz CT molecular complexity index is 1370. The topological polar surface area (TPSA) is 211 Å². The van der Waals surface area contributed by atoms with Crippen LogP contribution in [0.25, 0.3) is 5.76 Å². The van der Waals surface area contributed by atoms with E-state index in [1.165, 1.54) is 30.0 Å². The summed E-state index contributed by atoms with van der Waals surface area (Å²) in [7, 11) is 4.48. The third kappa shape index (κ3) is 4.66. The molecule has 0 heterocycles. The number of hydrogen-bond donors (Lipinski definition) is 5. The number of Topliss-reactive ketones (excluding diaryl/α,β-unsaturated/α-hetero) is 3. The minimum Gasteiger partial charge on any atom is -0.508 e. The summed E-state index contributed by atoms with van der Waals surface area (Å²) >= 11 is 0. The molecule has 0 aliphatic heterocycles. The number of rotatable bonds is 9. The maximum Gasteiger partial charge on any atom is 0.294 e. The number of fused-ring (bicyclic) bond motifs is 3. The first-order chi connectivity index (χ1) is 19.2. The molecule has 0 aromatic heterocycles. The predicted molar refractivity (Wildman–Crippen MR) is 141 cm³/mol. The Labute approximate surface area is 234 Å². The molecular weight excluding hydrogens is 542 g/mol. The molecule has 0 radical (unpaired) electrons. The van der Waals surface area contributed by atoms with Gasteiger partial charge in [0.25, 0.3) is 5.09 Å². The van der Waals surface area contributed by atoms with Gasteiger partial charge in [-0.1, -0.05) is 19.1 Å². The van der Waals surface area contributed by atoms with Gasteiger partial charge in [-0.05, 0) is 38.7 Å². The van der Waals surface area contributed by atoms with Crippen molar-refractivity contribution in [2.75, 3.05) is 40.8 Å². The second kappa shape index (κ2) is 10.9. The summed E-state index contributed by atoms with van der Waals surface area (Å²) in [6, 6.07) is 3.07. The van der Waals surface area contributed by atoms with Gasteiger partial charge in [-0.3, -0.25) is 19.3 Å². The van der Waals surface area contributed by atoms with Gasteiger partial charge in [0.2, 0.25) is 5.78 Å². The van der Waals surface area contributed by atoms with Crippen LogP contribution >= 0.6 is 0 Å². The molecule has 1 saturated carbocycles. The number of ketones is 3. The lowest BCUT2D eigenvalue weighted by Gasteiger charge is -2.53. The number of benzene rings is 1. The van der Waals surface area contributed by atoms with Crippen LogP contribution in [0.5, 0.6) is 5.75 Å². The number of likely N-dealkylation sites (N-methyl/N-ethyl adjacent to an activating group) is 2. The first kappa shape index (κ1) is 30.1. The largest absolute Gasteiger partial charge is 0.508 e. The maximum absolute atomic E-state index is 14.1. The average molecular weight is 576 g/mol. The van der Waals surface area contributed by atoms with Crippen LogP contribution in [-0.4, -0.2) is 116 Å². The molecule has 0 unspecified atom stereocenters. The lowest BCUT2D eigenvalue weighted by Crippen LogP contribution is -2.70. The first-order valence-corrected chi connectivity index (χ1v) is 13.0. The van der Waals surface area contributed by atoms with E-state index in [1.54, 1.807) is 26.1 Å². The number of aromatic hydroxyl groups is 1. The van der Waals surface area contributed by atoms with Crippen molar-refractivity contribution in [3.8, 4) is 5.75 Å². The fourth-order valence-corrected chi connectivity index (χ4v) is 6.41. The van der Waals surface area contributed by atoms with Crippen molar-refractivity contribution < 1.29 is 49.8 Å². The molecule has 14 nitrogen and oxygen atoms in total. The summed E-state index contributed by atoms with van der Waals surface area (Å²) in [4.78, 5) is 58.5. The number of hydrogen-bond acceptors (Lipinski definition) is 13. The first-order valence-electron chi connectivity index (χ1n) is 13.0. The highest BCUT2D eigenvalue weighted by Crippen LogP contribution is 2.56. The Kier molecular flexibility index (Phi) is 7.97. The molecule has 3 aliphatic carbocycles. The highest BCUT2D eigenvalue weighted by molar-refractivity contribution is 6.25. The van der Waals surface area contributed by atoms with Crippen LogP contribution in [0.2, 0.25) is 0 Å². The van der Waals surface area contributed by atoms with E-state index in [2.05, 4.69) is 4.84 Å². The third-order valence-corrected chi connectivity index (χ3v) is 8.42. The minimum absolute atomic E-state index is 0.00336. The molecule has 0 amide bonds. The molecule has 41 heavy (non-hydrogen) atoms. The van der Waals surface area contributed by atoms with Crippen molar-refractivity contribution >= 4 is 23.1 Å². The van der Waals surface area contributed by atoms with E-state index in [-0.39, 0.29) is 37.4 Å². The van der Waals surface area contributed by atoms with E-state index in [0.717, 1.165) is 0 Å². The van der Waals surface area contributed by atoms with Crippen LogP contribution in [0, 0.1) is 22.0 Å². The summed E-state index contributed by atoms with van der Waals surface area (Å²) in [6.45, 7) is 1.48. The number of phenolic OH excluding ortho intramolecular Hbond substituents is 1. The molecule has 6 atom stereocenters. The number of aliphatic hydroxyl groups is 4. The van der Waals surface area contributed by atoms with Gasteiger partial charge in [0, 0.05) is 31.0 Å². The summed E-state index contributed by atoms with van der Waals surface area (Å²) in [5.41, 5.74) is -3.77. The van der Waals surface area contributed by atoms with E-state index in [9.17, 15) is 50.0 Å². The second-order valence-electron chi connectivity index (χ2n) is 11.0. The number of carbonyl (C=O) groups excluding carboxylic acids is 3. The zero-order valence-corrected chi connectivity index (χ0v) is 23.0. The van der Waals surface area contributed by atoms with Gasteiger partial charge >= 0.3 is 0 Å². The Balaban J connectivity index is 1.79. The number of carbonyl (C=O) groups is 3. The lowest BCUT2D eigenvalue weighted by molar-refractivity contribution is -0.757. The number of aliphatic hydroxyl groups excluding tert-OH is 3. The van der Waals surface area contributed by atoms with Crippen LogP contribution < -0.4 is 0 Å². The normalized spacial score (nSPS) is 29.4. The standard InChI is InChI=1S/C27H33N3O11/c1-12-13-6-5-7-14(31)17(13)22(33)19-16(12)23(34)20-21(28(2)3)24(35)18(25(36)27(20,38)26(19)37)15(32)8-9-29(4)10-11-41-30(39)40/h5-7,12,16,20-21,23,31,33-34,36,38H,8-11H2,1-4H3/t12-,16+,20+,21-,23-,27+/m0/s1. The van der Waals surface area contributed by atoms with Gasteiger partial charge < -0.3 is 35.3 Å². The summed E-state index contributed by atoms with van der Waals surface area (Å²) in [5, 5.41) is 65.9. The highest BCUT2D eigenvalue weighted by Gasteiger charge is 2.68. The van der Waals surface area contributed by atoms with E-state index in [4.69, 9.17) is 0 Å². The monoisotopic (exact) mass is 575 g/mol. The molecule has 1 fully saturated rings. The molecule has 222 valence electrons. The van der Waals surface area contributed by atoms with Crippen molar-refractivity contribution in [1.82, 2.24) is 9.80 Å². The van der Waals surface area contributed by atoms with E-state index >= 15 is 0 Å². The number of phenols is 1. The van der Waals surface area contributed by atoms with E-state index < -0.39 is 80.6 Å².